The highest BCUT2D eigenvalue weighted by molar-refractivity contribution is 9.10. The average Bonchev–Trinajstić information content (AvgIpc) is 2.28. The number of phenols is 1. The van der Waals surface area contributed by atoms with Crippen molar-refractivity contribution < 1.29 is 14.6 Å². The Morgan fingerprint density at radius 2 is 2.31 bits per heavy atom. The number of phenolic OH excluding ortho intramolecular Hbond substituents is 1. The Labute approximate surface area is 102 Å². The lowest BCUT2D eigenvalue weighted by atomic mass is 10.2. The molecule has 86 valence electrons. The first kappa shape index (κ1) is 12.7. The zero-order chi connectivity index (χ0) is 12.1. The Kier molecular flexibility index (Phi) is 4.49. The third-order valence-electron chi connectivity index (χ3n) is 1.97. The van der Waals surface area contributed by atoms with Gasteiger partial charge in [0, 0.05) is 16.3 Å². The molecule has 0 radical (unpaired) electrons. The molecule has 1 aromatic rings. The number of hydrogen-bond acceptors (Lipinski definition) is 4. The molecule has 1 rings (SSSR count). The molecule has 0 heterocycles. The van der Waals surface area contributed by atoms with E-state index in [1.165, 1.54) is 13.3 Å². The number of nitrogens with zero attached hydrogens (tertiary/aromatic N) is 1. The summed E-state index contributed by atoms with van der Waals surface area (Å²) in [5.74, 6) is -0.297. The predicted molar refractivity (Wildman–Crippen MR) is 64.9 cm³/mol. The molecule has 5 heteroatoms. The van der Waals surface area contributed by atoms with Gasteiger partial charge in [0.2, 0.25) is 0 Å². The monoisotopic (exact) mass is 285 g/mol. The summed E-state index contributed by atoms with van der Waals surface area (Å²) in [6.45, 7) is 1.62. The first-order valence-electron chi connectivity index (χ1n) is 4.64. The third kappa shape index (κ3) is 3.34. The minimum atomic E-state index is -0.580. The Balaban J connectivity index is 2.83. The van der Waals surface area contributed by atoms with Gasteiger partial charge in [-0.25, -0.2) is 4.79 Å². The van der Waals surface area contributed by atoms with Gasteiger partial charge in [0.25, 0.3) is 0 Å². The minimum Gasteiger partial charge on any atom is -0.507 e. The molecule has 0 aliphatic heterocycles. The van der Waals surface area contributed by atoms with Crippen molar-refractivity contribution in [3.63, 3.8) is 0 Å². The Morgan fingerprint density at radius 3 is 2.94 bits per heavy atom. The van der Waals surface area contributed by atoms with Gasteiger partial charge < -0.3 is 9.84 Å². The number of aromatic hydroxyl groups is 1. The molecule has 4 nitrogen and oxygen atoms in total. The maximum absolute atomic E-state index is 11.1. The number of carbonyl (C=O) groups excluding carboxylic acids is 1. The van der Waals surface area contributed by atoms with Crippen molar-refractivity contribution in [3.8, 4) is 5.75 Å². The van der Waals surface area contributed by atoms with E-state index >= 15 is 0 Å². The van der Waals surface area contributed by atoms with E-state index in [1.807, 2.05) is 0 Å². The van der Waals surface area contributed by atoms with Gasteiger partial charge in [0.1, 0.15) is 11.8 Å². The molecule has 0 aliphatic carbocycles. The first-order chi connectivity index (χ1) is 7.54. The van der Waals surface area contributed by atoms with E-state index in [2.05, 4.69) is 25.7 Å². The van der Waals surface area contributed by atoms with Gasteiger partial charge in [-0.2, -0.15) is 0 Å². The van der Waals surface area contributed by atoms with Crippen LogP contribution in [0.1, 0.15) is 12.5 Å². The fourth-order valence-corrected chi connectivity index (χ4v) is 1.43. The number of esters is 1. The van der Waals surface area contributed by atoms with Gasteiger partial charge in [0.15, 0.2) is 0 Å². The zero-order valence-corrected chi connectivity index (χ0v) is 10.6. The number of benzene rings is 1. The fraction of sp³-hybridized carbons (Fsp3) is 0.273. The zero-order valence-electron chi connectivity index (χ0n) is 8.98. The third-order valence-corrected chi connectivity index (χ3v) is 2.46. The molecule has 0 fully saturated rings. The van der Waals surface area contributed by atoms with Crippen LogP contribution in [0.5, 0.6) is 5.75 Å². The summed E-state index contributed by atoms with van der Waals surface area (Å²) in [5.41, 5.74) is 0.546. The van der Waals surface area contributed by atoms with E-state index in [9.17, 15) is 9.90 Å². The second-order valence-corrected chi connectivity index (χ2v) is 4.10. The van der Waals surface area contributed by atoms with Crippen molar-refractivity contribution in [2.75, 3.05) is 7.11 Å². The van der Waals surface area contributed by atoms with Crippen molar-refractivity contribution in [1.82, 2.24) is 0 Å². The number of methoxy groups -OCH3 is 1. The average molecular weight is 286 g/mol. The Morgan fingerprint density at radius 1 is 1.62 bits per heavy atom. The van der Waals surface area contributed by atoms with Crippen LogP contribution >= 0.6 is 15.9 Å². The molecule has 0 aliphatic rings. The van der Waals surface area contributed by atoms with E-state index in [4.69, 9.17) is 0 Å². The van der Waals surface area contributed by atoms with Crippen LogP contribution in [0, 0.1) is 0 Å². The molecular weight excluding hydrogens is 274 g/mol. The summed E-state index contributed by atoms with van der Waals surface area (Å²) >= 11 is 3.28. The standard InChI is InChI=1S/C11H12BrNO3/c1-7(11(15)16-2)13-6-8-5-9(12)3-4-10(8)14/h3-7,14H,1-2H3/t7-/m0/s1. The summed E-state index contributed by atoms with van der Waals surface area (Å²) in [5, 5.41) is 9.52. The summed E-state index contributed by atoms with van der Waals surface area (Å²) in [4.78, 5) is 15.1. The highest BCUT2D eigenvalue weighted by atomic mass is 79.9. The quantitative estimate of drug-likeness (QED) is 0.684. The second kappa shape index (κ2) is 5.65. The van der Waals surface area contributed by atoms with Crippen molar-refractivity contribution >= 4 is 28.1 Å². The molecule has 0 unspecified atom stereocenters. The molecule has 16 heavy (non-hydrogen) atoms. The maximum atomic E-state index is 11.1. The molecule has 0 bridgehead atoms. The van der Waals surface area contributed by atoms with E-state index in [1.54, 1.807) is 25.1 Å². The molecule has 0 amide bonds. The number of ether oxygens (including phenoxy) is 1. The van der Waals surface area contributed by atoms with Gasteiger partial charge in [0.05, 0.1) is 7.11 Å². The largest absolute Gasteiger partial charge is 0.507 e. The number of carbonyl (C=O) groups is 1. The van der Waals surface area contributed by atoms with E-state index in [0.29, 0.717) is 5.56 Å². The van der Waals surface area contributed by atoms with E-state index in [0.717, 1.165) is 4.47 Å². The summed E-state index contributed by atoms with van der Waals surface area (Å²) in [7, 11) is 1.31. The minimum absolute atomic E-state index is 0.115. The van der Waals surface area contributed by atoms with Crippen molar-refractivity contribution in [1.29, 1.82) is 0 Å². The van der Waals surface area contributed by atoms with Gasteiger partial charge >= 0.3 is 5.97 Å². The number of halogens is 1. The molecule has 0 saturated heterocycles. The first-order valence-corrected chi connectivity index (χ1v) is 5.43. The number of aliphatic imine (C=N–C) groups is 1. The maximum Gasteiger partial charge on any atom is 0.330 e. The number of hydrogen-bond donors (Lipinski definition) is 1. The normalized spacial score (nSPS) is 12.7. The molecule has 0 saturated carbocycles. The van der Waals surface area contributed by atoms with Crippen molar-refractivity contribution in [2.24, 2.45) is 4.99 Å². The summed E-state index contributed by atoms with van der Waals surface area (Å²) in [6, 6.07) is 4.40. The van der Waals surface area contributed by atoms with Crippen LogP contribution < -0.4 is 0 Å². The van der Waals surface area contributed by atoms with Crippen LogP contribution in [0.2, 0.25) is 0 Å². The lowest BCUT2D eigenvalue weighted by molar-refractivity contribution is -0.141. The highest BCUT2D eigenvalue weighted by Gasteiger charge is 2.10. The molecule has 1 atom stereocenters. The molecule has 1 aromatic carbocycles. The van der Waals surface area contributed by atoms with Gasteiger partial charge in [-0.05, 0) is 25.1 Å². The van der Waals surface area contributed by atoms with Crippen LogP contribution in [0.15, 0.2) is 27.7 Å². The predicted octanol–water partition coefficient (Wildman–Crippen LogP) is 2.14. The lowest BCUT2D eigenvalue weighted by Crippen LogP contribution is -2.16. The van der Waals surface area contributed by atoms with E-state index in [-0.39, 0.29) is 5.75 Å². The Hall–Kier alpha value is -1.36. The van der Waals surface area contributed by atoms with Crippen LogP contribution in [0.25, 0.3) is 0 Å². The summed E-state index contributed by atoms with van der Waals surface area (Å²) < 4.78 is 5.36. The Bertz CT molecular complexity index is 418. The van der Waals surface area contributed by atoms with Crippen LogP contribution in [-0.4, -0.2) is 30.4 Å². The molecule has 1 N–H and O–H groups in total. The van der Waals surface area contributed by atoms with Gasteiger partial charge in [-0.3, -0.25) is 4.99 Å². The second-order valence-electron chi connectivity index (χ2n) is 3.18. The SMILES string of the molecule is COC(=O)[C@H](C)N=Cc1cc(Br)ccc1O. The van der Waals surface area contributed by atoms with Crippen LogP contribution in [0.4, 0.5) is 0 Å². The van der Waals surface area contributed by atoms with Crippen molar-refractivity contribution in [3.05, 3.63) is 28.2 Å². The van der Waals surface area contributed by atoms with Gasteiger partial charge in [-0.1, -0.05) is 15.9 Å². The highest BCUT2D eigenvalue weighted by Crippen LogP contribution is 2.20. The van der Waals surface area contributed by atoms with Crippen LogP contribution in [-0.2, 0) is 9.53 Å². The fourth-order valence-electron chi connectivity index (χ4n) is 1.05. The topological polar surface area (TPSA) is 58.9 Å². The molecule has 0 spiro atoms. The van der Waals surface area contributed by atoms with E-state index < -0.39 is 12.0 Å². The molecule has 0 aromatic heterocycles. The van der Waals surface area contributed by atoms with Crippen LogP contribution in [0.3, 0.4) is 0 Å². The summed E-state index contributed by atoms with van der Waals surface area (Å²) in [6.07, 6.45) is 1.45. The number of rotatable bonds is 3. The van der Waals surface area contributed by atoms with Gasteiger partial charge in [-0.15, -0.1) is 0 Å². The smallest absolute Gasteiger partial charge is 0.330 e. The van der Waals surface area contributed by atoms with Crippen molar-refractivity contribution in [2.45, 2.75) is 13.0 Å². The lowest BCUT2D eigenvalue weighted by Gasteiger charge is -2.03. The molecular formula is C11H12BrNO3.